The van der Waals surface area contributed by atoms with Crippen molar-refractivity contribution in [2.45, 2.75) is 46.4 Å². The number of rotatable bonds is 8. The van der Waals surface area contributed by atoms with Crippen LogP contribution in [0, 0.1) is 5.92 Å². The van der Waals surface area contributed by atoms with Crippen molar-refractivity contribution in [2.24, 2.45) is 5.92 Å². The predicted molar refractivity (Wildman–Crippen MR) is 75.4 cm³/mol. The van der Waals surface area contributed by atoms with E-state index in [4.69, 9.17) is 4.74 Å². The topological polar surface area (TPSA) is 30.5 Å². The van der Waals surface area contributed by atoms with E-state index in [-0.39, 0.29) is 5.75 Å². The van der Waals surface area contributed by atoms with E-state index in [1.807, 2.05) is 0 Å². The minimum Gasteiger partial charge on any atom is -0.493 e. The summed E-state index contributed by atoms with van der Waals surface area (Å²) >= 11 is 0. The quantitative estimate of drug-likeness (QED) is 0.788. The average molecular weight is 287 g/mol. The Labute approximate surface area is 119 Å². The smallest absolute Gasteiger partial charge is 0.387 e. The standard InChI is InChI=1S/C15H23F2NO2/c1-5-12(10(2)3)18-9-11-7-6-8-13(19-4)14(11)20-15(16)17/h6-8,10,12,15,18H,5,9H2,1-4H3/t12-/m0/s1. The highest BCUT2D eigenvalue weighted by Crippen LogP contribution is 2.32. The van der Waals surface area contributed by atoms with Gasteiger partial charge in [-0.15, -0.1) is 0 Å². The first-order valence-corrected chi connectivity index (χ1v) is 6.83. The fraction of sp³-hybridized carbons (Fsp3) is 0.600. The number of methoxy groups -OCH3 is 1. The molecular formula is C15H23F2NO2. The number of ether oxygens (including phenoxy) is 2. The Balaban J connectivity index is 2.88. The Bertz CT molecular complexity index is 411. The SMILES string of the molecule is CC[C@H](NCc1cccc(OC)c1OC(F)F)C(C)C. The Kier molecular flexibility index (Phi) is 6.71. The maximum atomic E-state index is 12.5. The molecule has 0 heterocycles. The van der Waals surface area contributed by atoms with E-state index in [0.29, 0.717) is 29.8 Å². The molecule has 0 saturated heterocycles. The van der Waals surface area contributed by atoms with Crippen LogP contribution in [0.2, 0.25) is 0 Å². The molecule has 1 atom stereocenters. The van der Waals surface area contributed by atoms with Crippen LogP contribution in [-0.2, 0) is 6.54 Å². The molecule has 5 heteroatoms. The zero-order chi connectivity index (χ0) is 15.1. The molecule has 1 aromatic rings. The highest BCUT2D eigenvalue weighted by molar-refractivity contribution is 5.46. The number of para-hydroxylation sites is 1. The fourth-order valence-electron chi connectivity index (χ4n) is 2.18. The lowest BCUT2D eigenvalue weighted by molar-refractivity contribution is -0.0519. The van der Waals surface area contributed by atoms with Crippen molar-refractivity contribution in [3.63, 3.8) is 0 Å². The summed E-state index contributed by atoms with van der Waals surface area (Å²) in [5.41, 5.74) is 0.670. The van der Waals surface area contributed by atoms with Crippen LogP contribution >= 0.6 is 0 Å². The molecule has 1 N–H and O–H groups in total. The van der Waals surface area contributed by atoms with Gasteiger partial charge in [-0.05, 0) is 18.4 Å². The van der Waals surface area contributed by atoms with Crippen LogP contribution in [0.4, 0.5) is 8.78 Å². The van der Waals surface area contributed by atoms with Gasteiger partial charge in [0.15, 0.2) is 11.5 Å². The summed E-state index contributed by atoms with van der Waals surface area (Å²) in [7, 11) is 1.44. The van der Waals surface area contributed by atoms with Gasteiger partial charge in [-0.25, -0.2) is 0 Å². The monoisotopic (exact) mass is 287 g/mol. The summed E-state index contributed by atoms with van der Waals surface area (Å²) in [5, 5.41) is 3.37. The van der Waals surface area contributed by atoms with E-state index in [1.165, 1.54) is 7.11 Å². The molecule has 0 amide bonds. The Hall–Kier alpha value is -1.36. The fourth-order valence-corrected chi connectivity index (χ4v) is 2.18. The number of halogens is 2. The van der Waals surface area contributed by atoms with Crippen LogP contribution in [0.25, 0.3) is 0 Å². The maximum absolute atomic E-state index is 12.5. The molecule has 0 bridgehead atoms. The predicted octanol–water partition coefficient (Wildman–Crippen LogP) is 3.82. The van der Waals surface area contributed by atoms with Crippen molar-refractivity contribution in [1.29, 1.82) is 0 Å². The van der Waals surface area contributed by atoms with Crippen LogP contribution in [0.5, 0.6) is 11.5 Å². The minimum absolute atomic E-state index is 0.108. The molecule has 1 aromatic carbocycles. The van der Waals surface area contributed by atoms with Gasteiger partial charge in [0, 0.05) is 18.2 Å². The van der Waals surface area contributed by atoms with Crippen molar-refractivity contribution in [3.05, 3.63) is 23.8 Å². The van der Waals surface area contributed by atoms with Gasteiger partial charge in [0.1, 0.15) is 0 Å². The average Bonchev–Trinajstić information content (AvgIpc) is 2.39. The third-order valence-electron chi connectivity index (χ3n) is 3.29. The molecule has 1 rings (SSSR count). The van der Waals surface area contributed by atoms with Crippen LogP contribution < -0.4 is 14.8 Å². The Morgan fingerprint density at radius 2 is 1.95 bits per heavy atom. The maximum Gasteiger partial charge on any atom is 0.387 e. The van der Waals surface area contributed by atoms with E-state index in [1.54, 1.807) is 18.2 Å². The molecule has 0 saturated carbocycles. The lowest BCUT2D eigenvalue weighted by Gasteiger charge is -2.22. The van der Waals surface area contributed by atoms with E-state index < -0.39 is 6.61 Å². The Morgan fingerprint density at radius 1 is 1.25 bits per heavy atom. The van der Waals surface area contributed by atoms with Gasteiger partial charge in [0.25, 0.3) is 0 Å². The van der Waals surface area contributed by atoms with E-state index >= 15 is 0 Å². The van der Waals surface area contributed by atoms with Crippen molar-refractivity contribution >= 4 is 0 Å². The van der Waals surface area contributed by atoms with Crippen molar-refractivity contribution in [3.8, 4) is 11.5 Å². The first-order chi connectivity index (χ1) is 9.49. The summed E-state index contributed by atoms with van der Waals surface area (Å²) in [6, 6.07) is 5.48. The molecule has 0 radical (unpaired) electrons. The van der Waals surface area contributed by atoms with E-state index in [0.717, 1.165) is 6.42 Å². The van der Waals surface area contributed by atoms with Gasteiger partial charge >= 0.3 is 6.61 Å². The van der Waals surface area contributed by atoms with E-state index in [2.05, 4.69) is 30.8 Å². The highest BCUT2D eigenvalue weighted by atomic mass is 19.3. The molecule has 114 valence electrons. The van der Waals surface area contributed by atoms with Crippen molar-refractivity contribution in [2.75, 3.05) is 7.11 Å². The molecule has 0 spiro atoms. The highest BCUT2D eigenvalue weighted by Gasteiger charge is 2.17. The largest absolute Gasteiger partial charge is 0.493 e. The number of hydrogen-bond donors (Lipinski definition) is 1. The normalized spacial score (nSPS) is 12.8. The van der Waals surface area contributed by atoms with Gasteiger partial charge in [-0.3, -0.25) is 0 Å². The summed E-state index contributed by atoms with van der Waals surface area (Å²) in [5.74, 6) is 0.906. The van der Waals surface area contributed by atoms with Crippen molar-refractivity contribution < 1.29 is 18.3 Å². The summed E-state index contributed by atoms with van der Waals surface area (Å²) in [6.45, 7) is 3.96. The van der Waals surface area contributed by atoms with Gasteiger partial charge < -0.3 is 14.8 Å². The third-order valence-corrected chi connectivity index (χ3v) is 3.29. The zero-order valence-electron chi connectivity index (χ0n) is 12.5. The summed E-state index contributed by atoms with van der Waals surface area (Å²) in [4.78, 5) is 0. The number of hydrogen-bond acceptors (Lipinski definition) is 3. The lowest BCUT2D eigenvalue weighted by atomic mass is 10.0. The second kappa shape index (κ2) is 8.04. The second-order valence-corrected chi connectivity index (χ2v) is 4.97. The minimum atomic E-state index is -2.86. The number of nitrogens with one attached hydrogen (secondary N) is 1. The molecule has 0 aliphatic carbocycles. The third kappa shape index (κ3) is 4.63. The summed E-state index contributed by atoms with van der Waals surface area (Å²) in [6.07, 6.45) is 0.979. The van der Waals surface area contributed by atoms with Crippen molar-refractivity contribution in [1.82, 2.24) is 5.32 Å². The number of benzene rings is 1. The van der Waals surface area contributed by atoms with E-state index in [9.17, 15) is 8.78 Å². The van der Waals surface area contributed by atoms with Crippen LogP contribution in [-0.4, -0.2) is 19.8 Å². The van der Waals surface area contributed by atoms with Gasteiger partial charge in [-0.2, -0.15) is 8.78 Å². The van der Waals surface area contributed by atoms with Gasteiger partial charge in [-0.1, -0.05) is 32.9 Å². The molecule has 0 aliphatic rings. The molecule has 0 unspecified atom stereocenters. The second-order valence-electron chi connectivity index (χ2n) is 4.97. The van der Waals surface area contributed by atoms with Gasteiger partial charge in [0.05, 0.1) is 7.11 Å². The summed E-state index contributed by atoms with van der Waals surface area (Å²) < 4.78 is 34.7. The Morgan fingerprint density at radius 3 is 2.45 bits per heavy atom. The van der Waals surface area contributed by atoms with Crippen LogP contribution in [0.3, 0.4) is 0 Å². The molecule has 20 heavy (non-hydrogen) atoms. The van der Waals surface area contributed by atoms with Gasteiger partial charge in [0.2, 0.25) is 0 Å². The molecule has 0 fully saturated rings. The molecule has 0 aliphatic heterocycles. The van der Waals surface area contributed by atoms with Crippen LogP contribution in [0.15, 0.2) is 18.2 Å². The molecule has 0 aromatic heterocycles. The molecule has 3 nitrogen and oxygen atoms in total. The molecular weight excluding hydrogens is 264 g/mol. The number of alkyl halides is 2. The lowest BCUT2D eigenvalue weighted by Crippen LogP contribution is -2.32. The first kappa shape index (κ1) is 16.7. The first-order valence-electron chi connectivity index (χ1n) is 6.83. The zero-order valence-corrected chi connectivity index (χ0v) is 12.5. The van der Waals surface area contributed by atoms with Crippen LogP contribution in [0.1, 0.15) is 32.8 Å².